The summed E-state index contributed by atoms with van der Waals surface area (Å²) in [4.78, 5) is 0. The maximum absolute atomic E-state index is 2.37. The van der Waals surface area contributed by atoms with Crippen LogP contribution in [0.15, 0.2) is 11.6 Å². The molecule has 0 heteroatoms. The van der Waals surface area contributed by atoms with Gasteiger partial charge in [0.1, 0.15) is 0 Å². The third-order valence-electron chi connectivity index (χ3n) is 1.90. The van der Waals surface area contributed by atoms with Crippen LogP contribution < -0.4 is 0 Å². The lowest BCUT2D eigenvalue weighted by Crippen LogP contribution is -1.98. The Morgan fingerprint density at radius 2 is 1.67 bits per heavy atom. The molecule has 0 fully saturated rings. The summed E-state index contributed by atoms with van der Waals surface area (Å²) in [5, 5.41) is 0. The van der Waals surface area contributed by atoms with Gasteiger partial charge >= 0.3 is 0 Å². The molecule has 0 aliphatic heterocycles. The Morgan fingerprint density at radius 1 is 1.17 bits per heavy atom. The molecule has 0 aromatic heterocycles. The summed E-state index contributed by atoms with van der Waals surface area (Å²) in [6.07, 6.45) is 6.42. The molecule has 1 aliphatic carbocycles. The van der Waals surface area contributed by atoms with E-state index in [-0.39, 0.29) is 0 Å². The van der Waals surface area contributed by atoms with Crippen LogP contribution in [0, 0.1) is 5.92 Å². The SMILES string of the molecule is CC.CC.CC1=CCC(C)CC1. The van der Waals surface area contributed by atoms with Crippen LogP contribution in [0.1, 0.15) is 60.8 Å². The molecule has 0 aromatic carbocycles. The number of rotatable bonds is 0. The largest absolute Gasteiger partial charge is 0.0853 e. The highest BCUT2D eigenvalue weighted by Gasteiger charge is 2.05. The van der Waals surface area contributed by atoms with Crippen LogP contribution >= 0.6 is 0 Å². The minimum Gasteiger partial charge on any atom is -0.0853 e. The van der Waals surface area contributed by atoms with Crippen LogP contribution in [0.4, 0.5) is 0 Å². The number of allylic oxidation sites excluding steroid dienone is 2. The highest BCUT2D eigenvalue weighted by Crippen LogP contribution is 2.21. The normalized spacial score (nSPS) is 20.8. The van der Waals surface area contributed by atoms with E-state index >= 15 is 0 Å². The molecule has 1 rings (SSSR count). The first-order valence-corrected chi connectivity index (χ1v) is 5.44. The zero-order valence-corrected chi connectivity index (χ0v) is 9.78. The fraction of sp³-hybridized carbons (Fsp3) is 0.833. The smallest absolute Gasteiger partial charge is 0.0320 e. The zero-order chi connectivity index (χ0) is 9.98. The minimum atomic E-state index is 0.943. The topological polar surface area (TPSA) is 0 Å². The van der Waals surface area contributed by atoms with Crippen LogP contribution in [0.5, 0.6) is 0 Å². The molecule has 74 valence electrons. The van der Waals surface area contributed by atoms with Gasteiger partial charge in [0.15, 0.2) is 0 Å². The van der Waals surface area contributed by atoms with E-state index in [1.807, 2.05) is 27.7 Å². The van der Waals surface area contributed by atoms with E-state index < -0.39 is 0 Å². The van der Waals surface area contributed by atoms with E-state index in [0.717, 1.165) is 5.92 Å². The van der Waals surface area contributed by atoms with Gasteiger partial charge in [-0.3, -0.25) is 0 Å². The van der Waals surface area contributed by atoms with Crippen molar-refractivity contribution < 1.29 is 0 Å². The molecule has 0 bridgehead atoms. The quantitative estimate of drug-likeness (QED) is 0.458. The lowest BCUT2D eigenvalue weighted by Gasteiger charge is -2.14. The van der Waals surface area contributed by atoms with Gasteiger partial charge in [-0.05, 0) is 32.1 Å². The molecule has 0 amide bonds. The van der Waals surface area contributed by atoms with Crippen molar-refractivity contribution in [2.45, 2.75) is 60.8 Å². The third-order valence-corrected chi connectivity index (χ3v) is 1.90. The van der Waals surface area contributed by atoms with Crippen molar-refractivity contribution in [1.82, 2.24) is 0 Å². The maximum Gasteiger partial charge on any atom is -0.0320 e. The Bertz CT molecular complexity index is 101. The highest BCUT2D eigenvalue weighted by atomic mass is 14.1. The molecule has 0 N–H and O–H groups in total. The standard InChI is InChI=1S/C8H14.2C2H6/c1-7-3-5-8(2)6-4-7;2*1-2/h3,8H,4-6H2,1-2H3;2*1-2H3. The molecule has 1 aliphatic rings. The molecular formula is C12H26. The van der Waals surface area contributed by atoms with Gasteiger partial charge in [-0.15, -0.1) is 0 Å². The minimum absolute atomic E-state index is 0.943. The van der Waals surface area contributed by atoms with Crippen LogP contribution in [-0.2, 0) is 0 Å². The molecule has 0 saturated carbocycles. The molecule has 0 saturated heterocycles. The molecule has 1 atom stereocenters. The lowest BCUT2D eigenvalue weighted by molar-refractivity contribution is 0.514. The average Bonchev–Trinajstić information content (AvgIpc) is 2.17. The van der Waals surface area contributed by atoms with Gasteiger partial charge < -0.3 is 0 Å². The summed E-state index contributed by atoms with van der Waals surface area (Å²) >= 11 is 0. The van der Waals surface area contributed by atoms with E-state index in [4.69, 9.17) is 0 Å². The summed E-state index contributed by atoms with van der Waals surface area (Å²) in [7, 11) is 0. The molecule has 1 unspecified atom stereocenters. The first kappa shape index (κ1) is 14.3. The van der Waals surface area contributed by atoms with Crippen molar-refractivity contribution in [1.29, 1.82) is 0 Å². The first-order valence-electron chi connectivity index (χ1n) is 5.44. The Labute approximate surface area is 79.1 Å². The zero-order valence-electron chi connectivity index (χ0n) is 9.78. The van der Waals surface area contributed by atoms with Crippen LogP contribution in [0.3, 0.4) is 0 Å². The van der Waals surface area contributed by atoms with E-state index in [9.17, 15) is 0 Å². The fourth-order valence-electron chi connectivity index (χ4n) is 1.10. The average molecular weight is 170 g/mol. The van der Waals surface area contributed by atoms with Gasteiger partial charge in [0.2, 0.25) is 0 Å². The van der Waals surface area contributed by atoms with Gasteiger partial charge in [-0.25, -0.2) is 0 Å². The predicted octanol–water partition coefficient (Wildman–Crippen LogP) is 4.81. The van der Waals surface area contributed by atoms with Gasteiger partial charge in [-0.2, -0.15) is 0 Å². The number of hydrogen-bond acceptors (Lipinski definition) is 0. The summed E-state index contributed by atoms with van der Waals surface area (Å²) < 4.78 is 0. The second kappa shape index (κ2) is 10.7. The van der Waals surface area contributed by atoms with Crippen molar-refractivity contribution in [3.8, 4) is 0 Å². The second-order valence-corrected chi connectivity index (χ2v) is 2.93. The Hall–Kier alpha value is -0.260. The fourth-order valence-corrected chi connectivity index (χ4v) is 1.10. The molecule has 0 aromatic rings. The highest BCUT2D eigenvalue weighted by molar-refractivity contribution is 5.01. The van der Waals surface area contributed by atoms with E-state index in [1.54, 1.807) is 5.57 Å². The maximum atomic E-state index is 2.37. The van der Waals surface area contributed by atoms with Crippen LogP contribution in [0.25, 0.3) is 0 Å². The van der Waals surface area contributed by atoms with Gasteiger partial charge in [0.05, 0.1) is 0 Å². The van der Waals surface area contributed by atoms with Gasteiger partial charge in [0.25, 0.3) is 0 Å². The Kier molecular flexibility index (Phi) is 12.8. The van der Waals surface area contributed by atoms with E-state index in [2.05, 4.69) is 19.9 Å². The number of hydrogen-bond donors (Lipinski definition) is 0. The molecule has 0 heterocycles. The predicted molar refractivity (Wildman–Crippen MR) is 59.5 cm³/mol. The molecule has 0 spiro atoms. The molecule has 0 nitrogen and oxygen atoms in total. The molecular weight excluding hydrogens is 144 g/mol. The lowest BCUT2D eigenvalue weighted by atomic mass is 9.92. The van der Waals surface area contributed by atoms with Crippen LogP contribution in [-0.4, -0.2) is 0 Å². The van der Waals surface area contributed by atoms with Crippen molar-refractivity contribution in [3.05, 3.63) is 11.6 Å². The Morgan fingerprint density at radius 3 is 1.92 bits per heavy atom. The van der Waals surface area contributed by atoms with Crippen molar-refractivity contribution in [2.75, 3.05) is 0 Å². The van der Waals surface area contributed by atoms with Crippen LogP contribution in [0.2, 0.25) is 0 Å². The first-order chi connectivity index (χ1) is 5.79. The van der Waals surface area contributed by atoms with E-state index in [0.29, 0.717) is 0 Å². The van der Waals surface area contributed by atoms with Gasteiger partial charge in [0, 0.05) is 0 Å². The van der Waals surface area contributed by atoms with Crippen molar-refractivity contribution in [2.24, 2.45) is 5.92 Å². The van der Waals surface area contributed by atoms with E-state index in [1.165, 1.54) is 19.3 Å². The molecule has 12 heavy (non-hydrogen) atoms. The second-order valence-electron chi connectivity index (χ2n) is 2.93. The Balaban J connectivity index is 0. The van der Waals surface area contributed by atoms with Crippen molar-refractivity contribution in [3.63, 3.8) is 0 Å². The summed E-state index contributed by atoms with van der Waals surface area (Å²) in [6.45, 7) is 12.6. The summed E-state index contributed by atoms with van der Waals surface area (Å²) in [6, 6.07) is 0. The monoisotopic (exact) mass is 170 g/mol. The van der Waals surface area contributed by atoms with Gasteiger partial charge in [-0.1, -0.05) is 46.3 Å². The van der Waals surface area contributed by atoms with Crippen molar-refractivity contribution >= 4 is 0 Å². The molecule has 0 radical (unpaired) electrons. The third kappa shape index (κ3) is 7.84. The summed E-state index contributed by atoms with van der Waals surface area (Å²) in [5.41, 5.74) is 1.59. The summed E-state index contributed by atoms with van der Waals surface area (Å²) in [5.74, 6) is 0.943.